The standard InChI is InChI=1S/C7H13NOS2/c1-9-6-5(11-2)3-4-8-7(6)10/h5-6H,3-4H2,1-2H3,(H,8,10)/t5-,6-/m0/s1. The van der Waals surface area contributed by atoms with Gasteiger partial charge >= 0.3 is 0 Å². The maximum absolute atomic E-state index is 5.28. The molecule has 0 spiro atoms. The summed E-state index contributed by atoms with van der Waals surface area (Å²) in [6, 6.07) is 0. The van der Waals surface area contributed by atoms with Crippen LogP contribution in [0.4, 0.5) is 0 Å². The molecular formula is C7H13NOS2. The van der Waals surface area contributed by atoms with Crippen LogP contribution in [-0.4, -0.2) is 36.3 Å². The van der Waals surface area contributed by atoms with Crippen molar-refractivity contribution in [2.75, 3.05) is 19.9 Å². The maximum Gasteiger partial charge on any atom is 0.119 e. The van der Waals surface area contributed by atoms with Gasteiger partial charge in [0.05, 0.1) is 0 Å². The number of nitrogens with one attached hydrogen (secondary N) is 1. The van der Waals surface area contributed by atoms with Crippen LogP contribution in [0.2, 0.25) is 0 Å². The quantitative estimate of drug-likeness (QED) is 0.658. The van der Waals surface area contributed by atoms with Crippen molar-refractivity contribution in [2.45, 2.75) is 17.8 Å². The summed E-state index contributed by atoms with van der Waals surface area (Å²) in [4.78, 5) is 0.859. The summed E-state index contributed by atoms with van der Waals surface area (Å²) < 4.78 is 5.28. The minimum atomic E-state index is 0.119. The van der Waals surface area contributed by atoms with Crippen LogP contribution >= 0.6 is 24.0 Å². The minimum absolute atomic E-state index is 0.119. The Labute approximate surface area is 77.1 Å². The molecule has 11 heavy (non-hydrogen) atoms. The van der Waals surface area contributed by atoms with Gasteiger partial charge in [-0.1, -0.05) is 12.2 Å². The Kier molecular flexibility index (Phi) is 3.62. The van der Waals surface area contributed by atoms with Gasteiger partial charge in [0.25, 0.3) is 0 Å². The van der Waals surface area contributed by atoms with Crippen molar-refractivity contribution in [3.63, 3.8) is 0 Å². The van der Waals surface area contributed by atoms with E-state index in [9.17, 15) is 0 Å². The topological polar surface area (TPSA) is 21.3 Å². The zero-order chi connectivity index (χ0) is 8.27. The molecule has 1 aliphatic rings. The number of ether oxygens (including phenoxy) is 1. The van der Waals surface area contributed by atoms with Gasteiger partial charge in [-0.2, -0.15) is 11.8 Å². The number of thioether (sulfide) groups is 1. The summed E-state index contributed by atoms with van der Waals surface area (Å²) in [6.07, 6.45) is 3.36. The van der Waals surface area contributed by atoms with Crippen molar-refractivity contribution in [2.24, 2.45) is 0 Å². The average molecular weight is 191 g/mol. The molecule has 1 heterocycles. The van der Waals surface area contributed by atoms with Crippen LogP contribution < -0.4 is 5.32 Å². The molecule has 1 rings (SSSR count). The Morgan fingerprint density at radius 1 is 1.73 bits per heavy atom. The lowest BCUT2D eigenvalue weighted by molar-refractivity contribution is 0.144. The van der Waals surface area contributed by atoms with Crippen LogP contribution in [0.3, 0.4) is 0 Å². The molecule has 1 N–H and O–H groups in total. The fourth-order valence-corrected chi connectivity index (χ4v) is 2.56. The summed E-state index contributed by atoms with van der Waals surface area (Å²) in [7, 11) is 1.72. The van der Waals surface area contributed by atoms with E-state index < -0.39 is 0 Å². The normalized spacial score (nSPS) is 31.6. The minimum Gasteiger partial charge on any atom is -0.377 e. The van der Waals surface area contributed by atoms with E-state index in [4.69, 9.17) is 17.0 Å². The summed E-state index contributed by atoms with van der Waals surface area (Å²) in [6.45, 7) is 0.990. The summed E-state index contributed by atoms with van der Waals surface area (Å²) in [5, 5.41) is 3.68. The molecule has 2 atom stereocenters. The molecule has 1 fully saturated rings. The molecule has 4 heteroatoms. The van der Waals surface area contributed by atoms with Gasteiger partial charge in [0.2, 0.25) is 0 Å². The molecule has 0 unspecified atom stereocenters. The molecule has 0 aromatic rings. The van der Waals surface area contributed by atoms with E-state index in [1.54, 1.807) is 7.11 Å². The van der Waals surface area contributed by atoms with E-state index in [1.807, 2.05) is 11.8 Å². The van der Waals surface area contributed by atoms with E-state index in [0.717, 1.165) is 18.0 Å². The number of rotatable bonds is 2. The molecule has 0 aromatic carbocycles. The van der Waals surface area contributed by atoms with Gasteiger partial charge in [-0.05, 0) is 12.7 Å². The Hall–Kier alpha value is 0.200. The SMILES string of the molecule is CO[C@@H]1C(=S)NCC[C@@H]1SC. The fraction of sp³-hybridized carbons (Fsp3) is 0.857. The largest absolute Gasteiger partial charge is 0.377 e. The van der Waals surface area contributed by atoms with E-state index in [2.05, 4.69) is 11.6 Å². The van der Waals surface area contributed by atoms with Gasteiger partial charge in [-0.15, -0.1) is 0 Å². The first-order valence-corrected chi connectivity index (χ1v) is 5.32. The lowest BCUT2D eigenvalue weighted by Crippen LogP contribution is -2.47. The average Bonchev–Trinajstić information content (AvgIpc) is 2.04. The Morgan fingerprint density at radius 2 is 2.45 bits per heavy atom. The molecule has 64 valence electrons. The zero-order valence-corrected chi connectivity index (χ0v) is 8.43. The van der Waals surface area contributed by atoms with E-state index >= 15 is 0 Å². The smallest absolute Gasteiger partial charge is 0.119 e. The second kappa shape index (κ2) is 4.28. The van der Waals surface area contributed by atoms with E-state index in [-0.39, 0.29) is 6.10 Å². The molecule has 0 radical (unpaired) electrons. The summed E-state index contributed by atoms with van der Waals surface area (Å²) >= 11 is 6.95. The molecule has 0 saturated carbocycles. The van der Waals surface area contributed by atoms with Crippen LogP contribution in [0.25, 0.3) is 0 Å². The van der Waals surface area contributed by atoms with Crippen LogP contribution in [0.15, 0.2) is 0 Å². The predicted octanol–water partition coefficient (Wildman–Crippen LogP) is 1.05. The number of methoxy groups -OCH3 is 1. The fourth-order valence-electron chi connectivity index (χ4n) is 1.26. The number of piperidine rings is 1. The van der Waals surface area contributed by atoms with Crippen molar-refractivity contribution in [3.05, 3.63) is 0 Å². The van der Waals surface area contributed by atoms with Crippen LogP contribution in [0, 0.1) is 0 Å². The summed E-state index contributed by atoms with van der Waals surface area (Å²) in [5.41, 5.74) is 0. The first kappa shape index (κ1) is 9.29. The Balaban J connectivity index is 2.56. The van der Waals surface area contributed by atoms with E-state index in [0.29, 0.717) is 5.25 Å². The van der Waals surface area contributed by atoms with Crippen molar-refractivity contribution in [1.29, 1.82) is 0 Å². The second-order valence-corrected chi connectivity index (χ2v) is 4.03. The molecule has 2 nitrogen and oxygen atoms in total. The third-order valence-corrected chi connectivity index (χ3v) is 3.35. The molecule has 0 aromatic heterocycles. The van der Waals surface area contributed by atoms with Gasteiger partial charge < -0.3 is 10.1 Å². The zero-order valence-electron chi connectivity index (χ0n) is 6.79. The highest BCUT2D eigenvalue weighted by Gasteiger charge is 2.27. The lowest BCUT2D eigenvalue weighted by Gasteiger charge is -2.30. The second-order valence-electron chi connectivity index (χ2n) is 2.51. The van der Waals surface area contributed by atoms with Crippen molar-refractivity contribution in [3.8, 4) is 0 Å². The highest BCUT2D eigenvalue weighted by Crippen LogP contribution is 2.20. The van der Waals surface area contributed by atoms with Crippen molar-refractivity contribution in [1.82, 2.24) is 5.32 Å². The molecule has 0 aliphatic carbocycles. The lowest BCUT2D eigenvalue weighted by atomic mass is 10.1. The third-order valence-electron chi connectivity index (χ3n) is 1.88. The number of thiocarbonyl (C=S) groups is 1. The predicted molar refractivity (Wildman–Crippen MR) is 53.3 cm³/mol. The third kappa shape index (κ3) is 2.07. The Bertz CT molecular complexity index is 151. The van der Waals surface area contributed by atoms with Gasteiger partial charge in [0.15, 0.2) is 0 Å². The number of hydrogen-bond donors (Lipinski definition) is 1. The molecule has 0 bridgehead atoms. The number of hydrogen-bond acceptors (Lipinski definition) is 3. The maximum atomic E-state index is 5.28. The van der Waals surface area contributed by atoms with Crippen LogP contribution in [-0.2, 0) is 4.74 Å². The monoisotopic (exact) mass is 191 g/mol. The van der Waals surface area contributed by atoms with Crippen molar-refractivity contribution < 1.29 is 4.74 Å². The molecular weight excluding hydrogens is 178 g/mol. The molecule has 0 amide bonds. The highest BCUT2D eigenvalue weighted by molar-refractivity contribution is 7.99. The first-order chi connectivity index (χ1) is 5.29. The van der Waals surface area contributed by atoms with Crippen LogP contribution in [0.1, 0.15) is 6.42 Å². The summed E-state index contributed by atoms with van der Waals surface area (Å²) in [5.74, 6) is 0. The Morgan fingerprint density at radius 3 is 2.91 bits per heavy atom. The van der Waals surface area contributed by atoms with Gasteiger partial charge in [0.1, 0.15) is 11.1 Å². The van der Waals surface area contributed by atoms with Crippen molar-refractivity contribution >= 4 is 29.0 Å². The highest BCUT2D eigenvalue weighted by atomic mass is 32.2. The molecule has 1 saturated heterocycles. The van der Waals surface area contributed by atoms with Gasteiger partial charge in [-0.3, -0.25) is 0 Å². The van der Waals surface area contributed by atoms with Crippen LogP contribution in [0.5, 0.6) is 0 Å². The van der Waals surface area contributed by atoms with Gasteiger partial charge in [-0.25, -0.2) is 0 Å². The van der Waals surface area contributed by atoms with E-state index in [1.165, 1.54) is 0 Å². The van der Waals surface area contributed by atoms with Gasteiger partial charge in [0, 0.05) is 18.9 Å². The molecule has 1 aliphatic heterocycles. The first-order valence-electron chi connectivity index (χ1n) is 3.63.